The number of ether oxygens (including phenoxy) is 1. The smallest absolute Gasteiger partial charge is 0.287 e. The van der Waals surface area contributed by atoms with E-state index in [2.05, 4.69) is 22.3 Å². The molecule has 2 aromatic rings. The molecule has 1 fully saturated rings. The van der Waals surface area contributed by atoms with Gasteiger partial charge in [-0.15, -0.1) is 0 Å². The first-order chi connectivity index (χ1) is 13.6. The third-order valence-electron chi connectivity index (χ3n) is 4.79. The van der Waals surface area contributed by atoms with E-state index < -0.39 is 6.04 Å². The minimum absolute atomic E-state index is 0.0689. The number of hydrogen-bond acceptors (Lipinski definition) is 5. The zero-order valence-electron chi connectivity index (χ0n) is 16.4. The van der Waals surface area contributed by atoms with E-state index in [0.717, 1.165) is 25.4 Å². The van der Waals surface area contributed by atoms with E-state index in [-0.39, 0.29) is 17.6 Å². The van der Waals surface area contributed by atoms with E-state index in [9.17, 15) is 9.59 Å². The van der Waals surface area contributed by atoms with Gasteiger partial charge >= 0.3 is 0 Å². The van der Waals surface area contributed by atoms with Gasteiger partial charge in [0.1, 0.15) is 11.8 Å². The molecule has 2 amide bonds. The fraction of sp³-hybridized carbons (Fsp3) is 0.429. The average Bonchev–Trinajstić information content (AvgIpc) is 3.25. The van der Waals surface area contributed by atoms with Crippen LogP contribution in [0.1, 0.15) is 30.0 Å². The van der Waals surface area contributed by atoms with Crippen LogP contribution in [0.2, 0.25) is 0 Å². The summed E-state index contributed by atoms with van der Waals surface area (Å²) in [5.74, 6) is 0.646. The SMILES string of the molecule is CCOc1ccc(CN2CCN(C(=O)C(C)NC(=O)c3ccco3)CC2)cc1. The number of rotatable bonds is 7. The second-order valence-electron chi connectivity index (χ2n) is 6.85. The maximum absolute atomic E-state index is 12.6. The molecule has 1 N–H and O–H groups in total. The molecule has 1 aromatic heterocycles. The van der Waals surface area contributed by atoms with E-state index in [0.29, 0.717) is 19.7 Å². The van der Waals surface area contributed by atoms with Crippen LogP contribution in [0.25, 0.3) is 0 Å². The zero-order valence-corrected chi connectivity index (χ0v) is 16.4. The predicted octanol–water partition coefficient (Wildman–Crippen LogP) is 2.14. The van der Waals surface area contributed by atoms with Crippen molar-refractivity contribution in [2.24, 2.45) is 0 Å². The zero-order chi connectivity index (χ0) is 19.9. The van der Waals surface area contributed by atoms with Gasteiger partial charge < -0.3 is 19.4 Å². The molecule has 1 aliphatic rings. The van der Waals surface area contributed by atoms with Crippen molar-refractivity contribution in [1.82, 2.24) is 15.1 Å². The highest BCUT2D eigenvalue weighted by atomic mass is 16.5. The molecular formula is C21H27N3O4. The Balaban J connectivity index is 1.45. The number of carbonyl (C=O) groups excluding carboxylic acids is 2. The first kappa shape index (κ1) is 19.9. The summed E-state index contributed by atoms with van der Waals surface area (Å²) in [7, 11) is 0. The Morgan fingerprint density at radius 1 is 1.14 bits per heavy atom. The van der Waals surface area contributed by atoms with Gasteiger partial charge in [0.15, 0.2) is 5.76 Å². The topological polar surface area (TPSA) is 75.0 Å². The van der Waals surface area contributed by atoms with Gasteiger partial charge in [-0.25, -0.2) is 0 Å². The lowest BCUT2D eigenvalue weighted by Crippen LogP contribution is -2.53. The summed E-state index contributed by atoms with van der Waals surface area (Å²) in [5.41, 5.74) is 1.22. The van der Waals surface area contributed by atoms with Crippen LogP contribution in [0.5, 0.6) is 5.75 Å². The van der Waals surface area contributed by atoms with E-state index in [1.54, 1.807) is 19.1 Å². The molecule has 1 atom stereocenters. The lowest BCUT2D eigenvalue weighted by atomic mass is 10.1. The van der Waals surface area contributed by atoms with E-state index >= 15 is 0 Å². The van der Waals surface area contributed by atoms with Crippen molar-refractivity contribution in [3.8, 4) is 5.75 Å². The van der Waals surface area contributed by atoms with Crippen LogP contribution in [-0.2, 0) is 11.3 Å². The first-order valence-corrected chi connectivity index (χ1v) is 9.64. The molecule has 0 bridgehead atoms. The molecular weight excluding hydrogens is 358 g/mol. The van der Waals surface area contributed by atoms with Crippen LogP contribution >= 0.6 is 0 Å². The first-order valence-electron chi connectivity index (χ1n) is 9.64. The van der Waals surface area contributed by atoms with Gasteiger partial charge in [-0.05, 0) is 43.7 Å². The molecule has 1 saturated heterocycles. The van der Waals surface area contributed by atoms with Crippen LogP contribution in [0.15, 0.2) is 47.1 Å². The van der Waals surface area contributed by atoms with Crippen LogP contribution in [0.4, 0.5) is 0 Å². The highest BCUT2D eigenvalue weighted by molar-refractivity contribution is 5.95. The van der Waals surface area contributed by atoms with Gasteiger partial charge in [-0.1, -0.05) is 12.1 Å². The Labute approximate surface area is 165 Å². The molecule has 7 nitrogen and oxygen atoms in total. The number of piperazine rings is 1. The molecule has 2 heterocycles. The highest BCUT2D eigenvalue weighted by Gasteiger charge is 2.26. The largest absolute Gasteiger partial charge is 0.494 e. The summed E-state index contributed by atoms with van der Waals surface area (Å²) in [4.78, 5) is 28.8. The molecule has 0 radical (unpaired) electrons. The molecule has 7 heteroatoms. The second kappa shape index (κ2) is 9.41. The number of nitrogens with one attached hydrogen (secondary N) is 1. The normalized spacial score (nSPS) is 15.9. The summed E-state index contributed by atoms with van der Waals surface area (Å²) in [6.45, 7) is 8.09. The van der Waals surface area contributed by atoms with E-state index in [1.807, 2.05) is 24.0 Å². The molecule has 28 heavy (non-hydrogen) atoms. The molecule has 0 spiro atoms. The number of furan rings is 1. The van der Waals surface area contributed by atoms with Gasteiger partial charge in [0.2, 0.25) is 5.91 Å². The van der Waals surface area contributed by atoms with Crippen molar-refractivity contribution >= 4 is 11.8 Å². The quantitative estimate of drug-likeness (QED) is 0.790. The number of nitrogens with zero attached hydrogens (tertiary/aromatic N) is 2. The molecule has 0 aliphatic carbocycles. The minimum atomic E-state index is -0.588. The van der Waals surface area contributed by atoms with Gasteiger partial charge in [0, 0.05) is 32.7 Å². The van der Waals surface area contributed by atoms with Crippen molar-refractivity contribution in [1.29, 1.82) is 0 Å². The summed E-state index contributed by atoms with van der Waals surface area (Å²) in [5, 5.41) is 2.70. The van der Waals surface area contributed by atoms with E-state index in [1.165, 1.54) is 11.8 Å². The van der Waals surface area contributed by atoms with Crippen molar-refractivity contribution in [2.75, 3.05) is 32.8 Å². The Hall–Kier alpha value is -2.80. The molecule has 0 saturated carbocycles. The highest BCUT2D eigenvalue weighted by Crippen LogP contribution is 2.15. The molecule has 3 rings (SSSR count). The lowest BCUT2D eigenvalue weighted by Gasteiger charge is -2.36. The van der Waals surface area contributed by atoms with Crippen LogP contribution < -0.4 is 10.1 Å². The molecule has 1 aromatic carbocycles. The molecule has 1 aliphatic heterocycles. The summed E-state index contributed by atoms with van der Waals surface area (Å²) < 4.78 is 10.5. The van der Waals surface area contributed by atoms with Crippen LogP contribution in [0.3, 0.4) is 0 Å². The second-order valence-corrected chi connectivity index (χ2v) is 6.85. The number of benzene rings is 1. The van der Waals surface area contributed by atoms with Crippen molar-refractivity contribution in [3.63, 3.8) is 0 Å². The Morgan fingerprint density at radius 2 is 1.86 bits per heavy atom. The minimum Gasteiger partial charge on any atom is -0.494 e. The third-order valence-corrected chi connectivity index (χ3v) is 4.79. The van der Waals surface area contributed by atoms with Crippen molar-refractivity contribution in [3.05, 3.63) is 54.0 Å². The van der Waals surface area contributed by atoms with Crippen LogP contribution in [-0.4, -0.2) is 60.4 Å². The Bertz CT molecular complexity index is 765. The van der Waals surface area contributed by atoms with Gasteiger partial charge in [0.25, 0.3) is 5.91 Å². The Morgan fingerprint density at radius 3 is 2.46 bits per heavy atom. The Kier molecular flexibility index (Phi) is 6.71. The summed E-state index contributed by atoms with van der Waals surface area (Å²) >= 11 is 0. The lowest BCUT2D eigenvalue weighted by molar-refractivity contribution is -0.134. The van der Waals surface area contributed by atoms with Gasteiger partial charge in [-0.3, -0.25) is 14.5 Å². The fourth-order valence-electron chi connectivity index (χ4n) is 3.25. The monoisotopic (exact) mass is 385 g/mol. The van der Waals surface area contributed by atoms with Crippen molar-refractivity contribution in [2.45, 2.75) is 26.4 Å². The molecule has 1 unspecified atom stereocenters. The van der Waals surface area contributed by atoms with E-state index in [4.69, 9.17) is 9.15 Å². The van der Waals surface area contributed by atoms with Gasteiger partial charge in [0.05, 0.1) is 12.9 Å². The van der Waals surface area contributed by atoms with Gasteiger partial charge in [-0.2, -0.15) is 0 Å². The maximum atomic E-state index is 12.6. The van der Waals surface area contributed by atoms with Crippen LogP contribution in [0, 0.1) is 0 Å². The summed E-state index contributed by atoms with van der Waals surface area (Å²) in [6, 6.07) is 10.8. The average molecular weight is 385 g/mol. The number of hydrogen-bond donors (Lipinski definition) is 1. The molecule has 150 valence electrons. The third kappa shape index (κ3) is 5.13. The van der Waals surface area contributed by atoms with Crippen molar-refractivity contribution < 1.29 is 18.7 Å². The predicted molar refractivity (Wildman–Crippen MR) is 105 cm³/mol. The number of carbonyl (C=O) groups is 2. The standard InChI is InChI=1S/C21H27N3O4/c1-3-27-18-8-6-17(7-9-18)15-23-10-12-24(13-11-23)21(26)16(2)22-20(25)19-5-4-14-28-19/h4-9,14,16H,3,10-13,15H2,1-2H3,(H,22,25). The maximum Gasteiger partial charge on any atom is 0.287 e. The number of amides is 2. The summed E-state index contributed by atoms with van der Waals surface area (Å²) in [6.07, 6.45) is 1.44. The fourth-order valence-corrected chi connectivity index (χ4v) is 3.25.